The van der Waals surface area contributed by atoms with Gasteiger partial charge in [-0.05, 0) is 50.1 Å². The Labute approximate surface area is 182 Å². The molecule has 2 aromatic carbocycles. The molecule has 0 unspecified atom stereocenters. The Bertz CT molecular complexity index is 1050. The summed E-state index contributed by atoms with van der Waals surface area (Å²) in [6.45, 7) is 4.33. The SMILES string of the molecule is COc1ccc(NC(=O)c2cc(C)ccc2N2CCCC2)cc1OCc1cccnc1. The number of aromatic nitrogens is 1. The van der Waals surface area contributed by atoms with Gasteiger partial charge in [-0.3, -0.25) is 9.78 Å². The van der Waals surface area contributed by atoms with E-state index in [0.717, 1.165) is 42.7 Å². The van der Waals surface area contributed by atoms with Crippen LogP contribution in [0.3, 0.4) is 0 Å². The van der Waals surface area contributed by atoms with Gasteiger partial charge in [0.25, 0.3) is 5.91 Å². The molecule has 160 valence electrons. The second kappa shape index (κ2) is 9.51. The molecule has 1 fully saturated rings. The number of hydrogen-bond donors (Lipinski definition) is 1. The van der Waals surface area contributed by atoms with Gasteiger partial charge < -0.3 is 19.7 Å². The third-order valence-electron chi connectivity index (χ3n) is 5.38. The molecule has 6 nitrogen and oxygen atoms in total. The van der Waals surface area contributed by atoms with Gasteiger partial charge in [-0.25, -0.2) is 0 Å². The molecule has 1 aliphatic heterocycles. The average Bonchev–Trinajstić information content (AvgIpc) is 3.33. The molecule has 0 spiro atoms. The summed E-state index contributed by atoms with van der Waals surface area (Å²) >= 11 is 0. The maximum Gasteiger partial charge on any atom is 0.257 e. The minimum Gasteiger partial charge on any atom is -0.493 e. The lowest BCUT2D eigenvalue weighted by Gasteiger charge is -2.21. The third-order valence-corrected chi connectivity index (χ3v) is 5.38. The summed E-state index contributed by atoms with van der Waals surface area (Å²) in [5.74, 6) is 1.04. The van der Waals surface area contributed by atoms with Crippen LogP contribution in [0.25, 0.3) is 0 Å². The first kappa shape index (κ1) is 20.7. The van der Waals surface area contributed by atoms with Gasteiger partial charge in [0, 0.05) is 48.5 Å². The Kier molecular flexibility index (Phi) is 6.36. The van der Waals surface area contributed by atoms with Crippen molar-refractivity contribution >= 4 is 17.3 Å². The van der Waals surface area contributed by atoms with E-state index in [9.17, 15) is 4.79 Å². The molecule has 1 aromatic heterocycles. The molecule has 4 rings (SSSR count). The number of carbonyl (C=O) groups excluding carboxylic acids is 1. The predicted molar refractivity (Wildman–Crippen MR) is 122 cm³/mol. The lowest BCUT2D eigenvalue weighted by molar-refractivity contribution is 0.102. The number of nitrogens with one attached hydrogen (secondary N) is 1. The van der Waals surface area contributed by atoms with Crippen LogP contribution in [0.4, 0.5) is 11.4 Å². The van der Waals surface area contributed by atoms with Crippen molar-refractivity contribution in [1.82, 2.24) is 4.98 Å². The van der Waals surface area contributed by atoms with Crippen LogP contribution in [0.2, 0.25) is 0 Å². The summed E-state index contributed by atoms with van der Waals surface area (Å²) in [5, 5.41) is 3.03. The van der Waals surface area contributed by atoms with E-state index in [1.807, 2.05) is 37.3 Å². The van der Waals surface area contributed by atoms with Crippen LogP contribution in [0.5, 0.6) is 11.5 Å². The molecule has 31 heavy (non-hydrogen) atoms. The molecule has 0 aliphatic carbocycles. The fourth-order valence-corrected chi connectivity index (χ4v) is 3.78. The zero-order valence-electron chi connectivity index (χ0n) is 17.9. The number of rotatable bonds is 7. The first-order valence-electron chi connectivity index (χ1n) is 10.5. The Morgan fingerprint density at radius 2 is 1.94 bits per heavy atom. The standard InChI is InChI=1S/C25H27N3O3/c1-18-7-9-22(28-12-3-4-13-28)21(14-18)25(29)27-20-8-10-23(30-2)24(15-20)31-17-19-6-5-11-26-16-19/h5-11,14-16H,3-4,12-13,17H2,1-2H3,(H,27,29). The monoisotopic (exact) mass is 417 g/mol. The molecular weight excluding hydrogens is 390 g/mol. The number of carbonyl (C=O) groups is 1. The van der Waals surface area contributed by atoms with Gasteiger partial charge in [-0.15, -0.1) is 0 Å². The number of amides is 1. The van der Waals surface area contributed by atoms with E-state index < -0.39 is 0 Å². The van der Waals surface area contributed by atoms with Gasteiger partial charge in [0.15, 0.2) is 11.5 Å². The molecule has 0 radical (unpaired) electrons. The summed E-state index contributed by atoms with van der Waals surface area (Å²) in [7, 11) is 1.60. The molecule has 2 heterocycles. The second-order valence-corrected chi connectivity index (χ2v) is 7.68. The second-order valence-electron chi connectivity index (χ2n) is 7.68. The van der Waals surface area contributed by atoms with Gasteiger partial charge >= 0.3 is 0 Å². The van der Waals surface area contributed by atoms with Crippen LogP contribution in [-0.2, 0) is 6.61 Å². The van der Waals surface area contributed by atoms with Crippen molar-refractivity contribution in [1.29, 1.82) is 0 Å². The maximum absolute atomic E-state index is 13.2. The van der Waals surface area contributed by atoms with Crippen LogP contribution < -0.4 is 19.7 Å². The highest BCUT2D eigenvalue weighted by Gasteiger charge is 2.20. The predicted octanol–water partition coefficient (Wildman–Crippen LogP) is 4.83. The molecule has 0 saturated carbocycles. The van der Waals surface area contributed by atoms with Crippen molar-refractivity contribution in [2.45, 2.75) is 26.4 Å². The van der Waals surface area contributed by atoms with Crippen LogP contribution in [-0.4, -0.2) is 31.1 Å². The number of aryl methyl sites for hydroxylation is 1. The summed E-state index contributed by atoms with van der Waals surface area (Å²) in [6.07, 6.45) is 5.80. The molecule has 1 saturated heterocycles. The number of methoxy groups -OCH3 is 1. The average molecular weight is 418 g/mol. The molecule has 3 aromatic rings. The van der Waals surface area contributed by atoms with Crippen LogP contribution in [0.1, 0.15) is 34.3 Å². The largest absolute Gasteiger partial charge is 0.493 e. The first-order valence-corrected chi connectivity index (χ1v) is 10.5. The summed E-state index contributed by atoms with van der Waals surface area (Å²) in [5.41, 5.74) is 4.34. The van der Waals surface area contributed by atoms with Gasteiger partial charge in [-0.2, -0.15) is 0 Å². The van der Waals surface area contributed by atoms with E-state index in [1.54, 1.807) is 31.6 Å². The fourth-order valence-electron chi connectivity index (χ4n) is 3.78. The molecule has 0 bridgehead atoms. The smallest absolute Gasteiger partial charge is 0.257 e. The van der Waals surface area contributed by atoms with Crippen LogP contribution in [0.15, 0.2) is 60.9 Å². The van der Waals surface area contributed by atoms with Crippen molar-refractivity contribution in [3.8, 4) is 11.5 Å². The minimum absolute atomic E-state index is 0.131. The molecular formula is C25H27N3O3. The quantitative estimate of drug-likeness (QED) is 0.597. The minimum atomic E-state index is -0.131. The van der Waals surface area contributed by atoms with E-state index in [-0.39, 0.29) is 5.91 Å². The number of anilines is 2. The molecule has 1 amide bonds. The van der Waals surface area contributed by atoms with Gasteiger partial charge in [-0.1, -0.05) is 17.7 Å². The lowest BCUT2D eigenvalue weighted by atomic mass is 10.1. The zero-order valence-corrected chi connectivity index (χ0v) is 17.9. The van der Waals surface area contributed by atoms with Gasteiger partial charge in [0.2, 0.25) is 0 Å². The number of ether oxygens (including phenoxy) is 2. The van der Waals surface area contributed by atoms with Gasteiger partial charge in [0.1, 0.15) is 6.61 Å². The normalized spacial score (nSPS) is 13.2. The highest BCUT2D eigenvalue weighted by molar-refractivity contribution is 6.08. The van der Waals surface area contributed by atoms with Crippen LogP contribution in [0, 0.1) is 6.92 Å². The van der Waals surface area contributed by atoms with E-state index in [0.29, 0.717) is 29.4 Å². The number of nitrogens with zero attached hydrogens (tertiary/aromatic N) is 2. The Morgan fingerprint density at radius 3 is 2.68 bits per heavy atom. The van der Waals surface area contributed by atoms with Crippen molar-refractivity contribution in [2.24, 2.45) is 0 Å². The fraction of sp³-hybridized carbons (Fsp3) is 0.280. The first-order chi connectivity index (χ1) is 15.1. The Hall–Kier alpha value is -3.54. The number of hydrogen-bond acceptors (Lipinski definition) is 5. The summed E-state index contributed by atoms with van der Waals surface area (Å²) in [4.78, 5) is 19.6. The highest BCUT2D eigenvalue weighted by Crippen LogP contribution is 2.32. The van der Waals surface area contributed by atoms with Crippen molar-refractivity contribution in [3.63, 3.8) is 0 Å². The molecule has 1 N–H and O–H groups in total. The van der Waals surface area contributed by atoms with Gasteiger partial charge in [0.05, 0.1) is 12.7 Å². The van der Waals surface area contributed by atoms with Crippen molar-refractivity contribution < 1.29 is 14.3 Å². The molecule has 1 aliphatic rings. The van der Waals surface area contributed by atoms with E-state index in [4.69, 9.17) is 9.47 Å². The molecule has 0 atom stereocenters. The summed E-state index contributed by atoms with van der Waals surface area (Å²) in [6, 6.07) is 15.3. The third kappa shape index (κ3) is 4.97. The van der Waals surface area contributed by atoms with Crippen LogP contribution >= 0.6 is 0 Å². The number of pyridine rings is 1. The van der Waals surface area contributed by atoms with Crippen molar-refractivity contribution in [2.75, 3.05) is 30.4 Å². The molecule has 6 heteroatoms. The summed E-state index contributed by atoms with van der Waals surface area (Å²) < 4.78 is 11.4. The Balaban J connectivity index is 1.54. The maximum atomic E-state index is 13.2. The van der Waals surface area contributed by atoms with E-state index in [1.165, 1.54) is 0 Å². The topological polar surface area (TPSA) is 63.7 Å². The zero-order chi connectivity index (χ0) is 21.6. The van der Waals surface area contributed by atoms with Crippen molar-refractivity contribution in [3.05, 3.63) is 77.6 Å². The lowest BCUT2D eigenvalue weighted by Crippen LogP contribution is -2.23. The van der Waals surface area contributed by atoms with E-state index in [2.05, 4.69) is 21.3 Å². The Morgan fingerprint density at radius 1 is 1.10 bits per heavy atom. The number of benzene rings is 2. The highest BCUT2D eigenvalue weighted by atomic mass is 16.5. The van der Waals surface area contributed by atoms with E-state index >= 15 is 0 Å².